The van der Waals surface area contributed by atoms with Gasteiger partial charge in [0.25, 0.3) is 0 Å². The van der Waals surface area contributed by atoms with Gasteiger partial charge in [-0.3, -0.25) is 0 Å². The van der Waals surface area contributed by atoms with Gasteiger partial charge in [0.2, 0.25) is 0 Å². The highest BCUT2D eigenvalue weighted by Crippen LogP contribution is 2.41. The minimum Gasteiger partial charge on any atom is -0.123 e. The molecule has 0 heterocycles. The van der Waals surface area contributed by atoms with Crippen LogP contribution in [0.5, 0.6) is 0 Å². The zero-order valence-electron chi connectivity index (χ0n) is 4.33. The van der Waals surface area contributed by atoms with Crippen molar-refractivity contribution in [3.8, 4) is 0 Å². The average Bonchev–Trinajstić information content (AvgIpc) is 1.82. The number of rotatable bonds is 0. The molecule has 1 atom stereocenters. The zero-order chi connectivity index (χ0) is 6.20. The molecule has 8 heavy (non-hydrogen) atoms. The number of hydrogen-bond donors (Lipinski definition) is 0. The SMILES string of the molecule is ClC1CCC(Cl)(Cl)C1. The van der Waals surface area contributed by atoms with Gasteiger partial charge in [0.15, 0.2) is 0 Å². The molecule has 0 amide bonds. The Labute approximate surface area is 64.1 Å². The molecule has 0 saturated heterocycles. The number of halogens is 3. The zero-order valence-corrected chi connectivity index (χ0v) is 6.60. The Balaban J connectivity index is 2.44. The van der Waals surface area contributed by atoms with Crippen molar-refractivity contribution in [3.05, 3.63) is 0 Å². The average molecular weight is 173 g/mol. The van der Waals surface area contributed by atoms with Gasteiger partial charge in [-0.25, -0.2) is 0 Å². The number of hydrogen-bond acceptors (Lipinski definition) is 0. The third-order valence-corrected chi connectivity index (χ3v) is 2.40. The summed E-state index contributed by atoms with van der Waals surface area (Å²) < 4.78 is -0.521. The lowest BCUT2D eigenvalue weighted by Crippen LogP contribution is -2.05. The molecule has 0 bridgehead atoms. The molecule has 1 unspecified atom stereocenters. The van der Waals surface area contributed by atoms with E-state index in [0.717, 1.165) is 19.3 Å². The fourth-order valence-corrected chi connectivity index (χ4v) is 2.02. The van der Waals surface area contributed by atoms with Crippen LogP contribution in [0.15, 0.2) is 0 Å². The Morgan fingerprint density at radius 2 is 2.00 bits per heavy atom. The first-order valence-electron chi connectivity index (χ1n) is 2.62. The first-order valence-corrected chi connectivity index (χ1v) is 3.81. The van der Waals surface area contributed by atoms with E-state index in [1.807, 2.05) is 0 Å². The van der Waals surface area contributed by atoms with E-state index in [1.54, 1.807) is 0 Å². The highest BCUT2D eigenvalue weighted by Gasteiger charge is 2.34. The van der Waals surface area contributed by atoms with Crippen molar-refractivity contribution < 1.29 is 0 Å². The summed E-state index contributed by atoms with van der Waals surface area (Å²) in [6, 6.07) is 0. The van der Waals surface area contributed by atoms with Gasteiger partial charge in [0.05, 0.1) is 0 Å². The predicted molar refractivity (Wildman–Crippen MR) is 37.9 cm³/mol. The van der Waals surface area contributed by atoms with E-state index in [1.165, 1.54) is 0 Å². The van der Waals surface area contributed by atoms with Gasteiger partial charge in [-0.05, 0) is 19.3 Å². The Hall–Kier alpha value is 0.870. The molecule has 0 radical (unpaired) electrons. The summed E-state index contributed by atoms with van der Waals surface area (Å²) in [5, 5.41) is 0.199. The maximum Gasteiger partial charge on any atom is 0.119 e. The van der Waals surface area contributed by atoms with Gasteiger partial charge in [-0.2, -0.15) is 0 Å². The van der Waals surface area contributed by atoms with Gasteiger partial charge < -0.3 is 0 Å². The maximum atomic E-state index is 5.74. The maximum absolute atomic E-state index is 5.74. The molecule has 1 fully saturated rings. The standard InChI is InChI=1S/C5H7Cl3/c6-4-1-2-5(7,8)3-4/h4H,1-3H2. The molecule has 3 heteroatoms. The molecule has 1 aliphatic rings. The highest BCUT2D eigenvalue weighted by atomic mass is 35.5. The van der Waals surface area contributed by atoms with Crippen LogP contribution < -0.4 is 0 Å². The Bertz CT molecular complexity index is 89.7. The van der Waals surface area contributed by atoms with E-state index in [2.05, 4.69) is 0 Å². The summed E-state index contributed by atoms with van der Waals surface area (Å²) in [6.07, 6.45) is 2.52. The minimum atomic E-state index is -0.521. The van der Waals surface area contributed by atoms with E-state index in [0.29, 0.717) is 0 Å². The monoisotopic (exact) mass is 172 g/mol. The summed E-state index contributed by atoms with van der Waals surface area (Å²) in [6.45, 7) is 0. The van der Waals surface area contributed by atoms with Crippen LogP contribution in [0, 0.1) is 0 Å². The van der Waals surface area contributed by atoms with Crippen molar-refractivity contribution >= 4 is 34.8 Å². The second kappa shape index (κ2) is 2.24. The number of alkyl halides is 3. The van der Waals surface area contributed by atoms with Crippen molar-refractivity contribution in [2.75, 3.05) is 0 Å². The van der Waals surface area contributed by atoms with Crippen LogP contribution in [-0.2, 0) is 0 Å². The highest BCUT2D eigenvalue weighted by molar-refractivity contribution is 6.49. The van der Waals surface area contributed by atoms with E-state index >= 15 is 0 Å². The van der Waals surface area contributed by atoms with E-state index < -0.39 is 4.33 Å². The van der Waals surface area contributed by atoms with Crippen molar-refractivity contribution in [1.82, 2.24) is 0 Å². The van der Waals surface area contributed by atoms with Crippen molar-refractivity contribution in [2.24, 2.45) is 0 Å². The molecule has 0 spiro atoms. The smallest absolute Gasteiger partial charge is 0.119 e. The van der Waals surface area contributed by atoms with Crippen molar-refractivity contribution in [2.45, 2.75) is 29.0 Å². The van der Waals surface area contributed by atoms with Crippen LogP contribution in [0.4, 0.5) is 0 Å². The molecular weight excluding hydrogens is 166 g/mol. The predicted octanol–water partition coefficient (Wildman–Crippen LogP) is 2.95. The van der Waals surface area contributed by atoms with E-state index in [-0.39, 0.29) is 5.38 Å². The van der Waals surface area contributed by atoms with Gasteiger partial charge in [0.1, 0.15) is 4.33 Å². The molecule has 0 aromatic carbocycles. The lowest BCUT2D eigenvalue weighted by Gasteiger charge is -2.07. The summed E-state index contributed by atoms with van der Waals surface area (Å²) in [7, 11) is 0. The molecule has 0 aromatic heterocycles. The van der Waals surface area contributed by atoms with Crippen LogP contribution in [0.25, 0.3) is 0 Å². The fourth-order valence-electron chi connectivity index (χ4n) is 0.896. The Morgan fingerprint density at radius 1 is 1.38 bits per heavy atom. The molecule has 0 N–H and O–H groups in total. The molecule has 1 saturated carbocycles. The van der Waals surface area contributed by atoms with Crippen LogP contribution in [-0.4, -0.2) is 9.71 Å². The van der Waals surface area contributed by atoms with Crippen molar-refractivity contribution in [3.63, 3.8) is 0 Å². The van der Waals surface area contributed by atoms with E-state index in [4.69, 9.17) is 34.8 Å². The van der Waals surface area contributed by atoms with Crippen LogP contribution in [0.1, 0.15) is 19.3 Å². The Kier molecular flexibility index (Phi) is 1.96. The second-order valence-electron chi connectivity index (χ2n) is 2.20. The Morgan fingerprint density at radius 3 is 2.12 bits per heavy atom. The lowest BCUT2D eigenvalue weighted by molar-refractivity contribution is 0.816. The van der Waals surface area contributed by atoms with Gasteiger partial charge in [-0.15, -0.1) is 34.8 Å². The molecule has 0 aliphatic heterocycles. The van der Waals surface area contributed by atoms with Crippen LogP contribution in [0.2, 0.25) is 0 Å². The van der Waals surface area contributed by atoms with Crippen LogP contribution >= 0.6 is 34.8 Å². The van der Waals surface area contributed by atoms with Gasteiger partial charge >= 0.3 is 0 Å². The summed E-state index contributed by atoms with van der Waals surface area (Å²) in [5.74, 6) is 0. The van der Waals surface area contributed by atoms with Crippen molar-refractivity contribution in [1.29, 1.82) is 0 Å². The van der Waals surface area contributed by atoms with E-state index in [9.17, 15) is 0 Å². The molecular formula is C5H7Cl3. The minimum absolute atomic E-state index is 0.199. The van der Waals surface area contributed by atoms with Crippen LogP contribution in [0.3, 0.4) is 0 Å². The first-order chi connectivity index (χ1) is 3.60. The first kappa shape index (κ1) is 6.98. The largest absolute Gasteiger partial charge is 0.123 e. The summed E-state index contributed by atoms with van der Waals surface area (Å²) in [5.41, 5.74) is 0. The second-order valence-corrected chi connectivity index (χ2v) is 4.45. The molecule has 0 nitrogen and oxygen atoms in total. The fraction of sp³-hybridized carbons (Fsp3) is 1.00. The molecule has 48 valence electrons. The normalized spacial score (nSPS) is 35.6. The molecule has 1 rings (SSSR count). The molecule has 1 aliphatic carbocycles. The van der Waals surface area contributed by atoms with Gasteiger partial charge in [-0.1, -0.05) is 0 Å². The topological polar surface area (TPSA) is 0 Å². The van der Waals surface area contributed by atoms with Gasteiger partial charge in [0, 0.05) is 5.38 Å². The third-order valence-electron chi connectivity index (χ3n) is 1.34. The summed E-state index contributed by atoms with van der Waals surface area (Å²) >= 11 is 17.2. The summed E-state index contributed by atoms with van der Waals surface area (Å²) in [4.78, 5) is 0. The lowest BCUT2D eigenvalue weighted by atomic mass is 10.4. The quantitative estimate of drug-likeness (QED) is 0.494. The molecule has 0 aromatic rings. The third kappa shape index (κ3) is 1.68.